The number of ether oxygens (including phenoxy) is 1. The quantitative estimate of drug-likeness (QED) is 0.731. The molecule has 0 aliphatic carbocycles. The summed E-state index contributed by atoms with van der Waals surface area (Å²) in [7, 11) is 0. The van der Waals surface area contributed by atoms with Gasteiger partial charge in [0.2, 0.25) is 0 Å². The monoisotopic (exact) mass is 375 g/mol. The number of piperazine rings is 1. The van der Waals surface area contributed by atoms with E-state index in [1.54, 1.807) is 24.3 Å². The van der Waals surface area contributed by atoms with E-state index in [0.717, 1.165) is 51.3 Å². The zero-order chi connectivity index (χ0) is 19.1. The normalized spacial score (nSPS) is 14.7. The van der Waals surface area contributed by atoms with Gasteiger partial charge < -0.3 is 20.3 Å². The lowest BCUT2D eigenvalue weighted by molar-refractivity contribution is 0.0951. The van der Waals surface area contributed by atoms with Gasteiger partial charge in [-0.25, -0.2) is 8.78 Å². The predicted molar refractivity (Wildman–Crippen MR) is 99.1 cm³/mol. The fourth-order valence-corrected chi connectivity index (χ4v) is 2.90. The van der Waals surface area contributed by atoms with Crippen LogP contribution in [0.4, 0.5) is 8.78 Å². The zero-order valence-electron chi connectivity index (χ0n) is 15.0. The number of benzene rings is 2. The molecule has 0 aromatic heterocycles. The van der Waals surface area contributed by atoms with Crippen LogP contribution < -0.4 is 15.4 Å². The summed E-state index contributed by atoms with van der Waals surface area (Å²) < 4.78 is 31.9. The Bertz CT molecular complexity index is 762. The molecular weight excluding hydrogens is 352 g/mol. The van der Waals surface area contributed by atoms with Crippen LogP contribution in [0, 0.1) is 11.6 Å². The van der Waals surface area contributed by atoms with Gasteiger partial charge in [-0.15, -0.1) is 0 Å². The highest BCUT2D eigenvalue weighted by Crippen LogP contribution is 2.25. The molecule has 1 aliphatic heterocycles. The van der Waals surface area contributed by atoms with Crippen LogP contribution in [0.15, 0.2) is 42.5 Å². The summed E-state index contributed by atoms with van der Waals surface area (Å²) in [6, 6.07) is 9.50. The highest BCUT2D eigenvalue weighted by atomic mass is 19.1. The van der Waals surface area contributed by atoms with E-state index in [0.29, 0.717) is 17.9 Å². The van der Waals surface area contributed by atoms with Crippen molar-refractivity contribution in [2.75, 3.05) is 39.3 Å². The standard InChI is InChI=1S/C20H23F2N3O2/c21-16-4-7-19(18(22)14-16)27-17-5-2-15(3-6-17)20(26)24-8-1-11-25-12-9-23-10-13-25/h2-7,14,23H,1,8-13H2,(H,24,26). The lowest BCUT2D eigenvalue weighted by Crippen LogP contribution is -2.44. The minimum absolute atomic E-state index is 0.0680. The third kappa shape index (κ3) is 5.74. The van der Waals surface area contributed by atoms with E-state index >= 15 is 0 Å². The number of nitrogens with zero attached hydrogens (tertiary/aromatic N) is 1. The third-order valence-electron chi connectivity index (χ3n) is 4.38. The Morgan fingerprint density at radius 2 is 1.85 bits per heavy atom. The van der Waals surface area contributed by atoms with Crippen LogP contribution in [0.5, 0.6) is 11.5 Å². The molecule has 0 unspecified atom stereocenters. The summed E-state index contributed by atoms with van der Waals surface area (Å²) in [6.07, 6.45) is 0.900. The minimum atomic E-state index is -0.777. The van der Waals surface area contributed by atoms with Crippen LogP contribution in [0.2, 0.25) is 0 Å². The van der Waals surface area contributed by atoms with E-state index in [2.05, 4.69) is 15.5 Å². The fraction of sp³-hybridized carbons (Fsp3) is 0.350. The molecule has 2 aromatic rings. The molecule has 144 valence electrons. The van der Waals surface area contributed by atoms with Crippen LogP contribution in [-0.4, -0.2) is 50.1 Å². The number of rotatable bonds is 7. The van der Waals surface area contributed by atoms with Crippen LogP contribution in [0.1, 0.15) is 16.8 Å². The molecule has 27 heavy (non-hydrogen) atoms. The number of hydrogen-bond donors (Lipinski definition) is 2. The summed E-state index contributed by atoms with van der Waals surface area (Å²) >= 11 is 0. The SMILES string of the molecule is O=C(NCCCN1CCNCC1)c1ccc(Oc2ccc(F)cc2F)cc1. The number of carbonyl (C=O) groups excluding carboxylic acids is 1. The van der Waals surface area contributed by atoms with Crippen molar-refractivity contribution < 1.29 is 18.3 Å². The molecule has 1 heterocycles. The summed E-state index contributed by atoms with van der Waals surface area (Å²) in [5, 5.41) is 6.21. The number of hydrogen-bond acceptors (Lipinski definition) is 4. The van der Waals surface area contributed by atoms with E-state index in [1.807, 2.05) is 0 Å². The van der Waals surface area contributed by atoms with Crippen LogP contribution in [0.3, 0.4) is 0 Å². The van der Waals surface area contributed by atoms with Gasteiger partial charge in [-0.2, -0.15) is 0 Å². The van der Waals surface area contributed by atoms with Gasteiger partial charge in [0.1, 0.15) is 11.6 Å². The van der Waals surface area contributed by atoms with Gasteiger partial charge in [0.25, 0.3) is 5.91 Å². The maximum Gasteiger partial charge on any atom is 0.251 e. The van der Waals surface area contributed by atoms with Crippen molar-refractivity contribution in [2.24, 2.45) is 0 Å². The van der Waals surface area contributed by atoms with Crippen LogP contribution in [-0.2, 0) is 0 Å². The Kier molecular flexibility index (Phi) is 6.73. The Morgan fingerprint density at radius 1 is 1.11 bits per heavy atom. The summed E-state index contributed by atoms with van der Waals surface area (Å²) in [5.74, 6) is -1.29. The Morgan fingerprint density at radius 3 is 2.56 bits per heavy atom. The molecule has 0 bridgehead atoms. The molecule has 7 heteroatoms. The topological polar surface area (TPSA) is 53.6 Å². The predicted octanol–water partition coefficient (Wildman–Crippen LogP) is 2.78. The highest BCUT2D eigenvalue weighted by Gasteiger charge is 2.10. The fourth-order valence-electron chi connectivity index (χ4n) is 2.90. The molecule has 1 aliphatic rings. The van der Waals surface area contributed by atoms with E-state index in [9.17, 15) is 13.6 Å². The van der Waals surface area contributed by atoms with Gasteiger partial charge in [-0.3, -0.25) is 4.79 Å². The van der Waals surface area contributed by atoms with Crippen LogP contribution in [0.25, 0.3) is 0 Å². The zero-order valence-corrected chi connectivity index (χ0v) is 15.0. The Balaban J connectivity index is 1.45. The molecule has 0 saturated carbocycles. The van der Waals surface area contributed by atoms with E-state index in [4.69, 9.17) is 4.74 Å². The minimum Gasteiger partial charge on any atom is -0.454 e. The van der Waals surface area contributed by atoms with Crippen molar-refractivity contribution in [2.45, 2.75) is 6.42 Å². The molecule has 3 rings (SSSR count). The Hall–Kier alpha value is -2.51. The van der Waals surface area contributed by atoms with Crippen molar-refractivity contribution >= 4 is 5.91 Å². The molecule has 0 radical (unpaired) electrons. The maximum atomic E-state index is 13.6. The molecular formula is C20H23F2N3O2. The average molecular weight is 375 g/mol. The second-order valence-electron chi connectivity index (χ2n) is 6.40. The van der Waals surface area contributed by atoms with Gasteiger partial charge in [0, 0.05) is 44.4 Å². The smallest absolute Gasteiger partial charge is 0.251 e. The second-order valence-corrected chi connectivity index (χ2v) is 6.40. The average Bonchev–Trinajstić information content (AvgIpc) is 2.69. The van der Waals surface area contributed by atoms with Crippen molar-refractivity contribution in [3.8, 4) is 11.5 Å². The Labute approximate surface area is 157 Å². The number of amides is 1. The van der Waals surface area contributed by atoms with Crippen molar-refractivity contribution in [3.63, 3.8) is 0 Å². The molecule has 2 N–H and O–H groups in total. The van der Waals surface area contributed by atoms with Gasteiger partial charge >= 0.3 is 0 Å². The second kappa shape index (κ2) is 9.43. The molecule has 0 spiro atoms. The lowest BCUT2D eigenvalue weighted by Gasteiger charge is -2.27. The molecule has 5 nitrogen and oxygen atoms in total. The molecule has 0 atom stereocenters. The van der Waals surface area contributed by atoms with Gasteiger partial charge in [-0.1, -0.05) is 0 Å². The summed E-state index contributed by atoms with van der Waals surface area (Å²) in [5.41, 5.74) is 0.504. The largest absolute Gasteiger partial charge is 0.454 e. The summed E-state index contributed by atoms with van der Waals surface area (Å²) in [4.78, 5) is 14.6. The molecule has 1 fully saturated rings. The first kappa shape index (κ1) is 19.3. The van der Waals surface area contributed by atoms with Crippen molar-refractivity contribution in [1.82, 2.24) is 15.5 Å². The number of nitrogens with one attached hydrogen (secondary N) is 2. The lowest BCUT2D eigenvalue weighted by atomic mass is 10.2. The van der Waals surface area contributed by atoms with Gasteiger partial charge in [0.15, 0.2) is 11.6 Å². The first-order valence-corrected chi connectivity index (χ1v) is 9.06. The first-order chi connectivity index (χ1) is 13.1. The molecule has 1 amide bonds. The van der Waals surface area contributed by atoms with E-state index < -0.39 is 11.6 Å². The van der Waals surface area contributed by atoms with E-state index in [1.165, 1.54) is 6.07 Å². The first-order valence-electron chi connectivity index (χ1n) is 9.06. The maximum absolute atomic E-state index is 13.6. The van der Waals surface area contributed by atoms with Crippen molar-refractivity contribution in [1.29, 1.82) is 0 Å². The van der Waals surface area contributed by atoms with Crippen LogP contribution >= 0.6 is 0 Å². The molecule has 2 aromatic carbocycles. The van der Waals surface area contributed by atoms with Crippen molar-refractivity contribution in [3.05, 3.63) is 59.7 Å². The van der Waals surface area contributed by atoms with Gasteiger partial charge in [-0.05, 0) is 49.4 Å². The van der Waals surface area contributed by atoms with Gasteiger partial charge in [0.05, 0.1) is 0 Å². The van der Waals surface area contributed by atoms with E-state index in [-0.39, 0.29) is 11.7 Å². The highest BCUT2D eigenvalue weighted by molar-refractivity contribution is 5.94. The number of halogens is 2. The summed E-state index contributed by atoms with van der Waals surface area (Å²) in [6.45, 7) is 5.71. The third-order valence-corrected chi connectivity index (χ3v) is 4.38. The molecule has 1 saturated heterocycles. The number of carbonyl (C=O) groups is 1.